The first kappa shape index (κ1) is 15.0. The van der Waals surface area contributed by atoms with Crippen LogP contribution in [0.1, 0.15) is 16.7 Å². The molecule has 0 spiro atoms. The van der Waals surface area contributed by atoms with Gasteiger partial charge in [0.2, 0.25) is 0 Å². The molecule has 5 nitrogen and oxygen atoms in total. The Morgan fingerprint density at radius 2 is 2.00 bits per heavy atom. The SMILES string of the molecule is Cc1cc(C)c2c(CCNCS(=O)(=O)O)cn(C)c2c1. The number of hydrogen-bond donors (Lipinski definition) is 2. The van der Waals surface area contributed by atoms with E-state index in [-0.39, 0.29) is 0 Å². The van der Waals surface area contributed by atoms with E-state index in [0.29, 0.717) is 6.54 Å². The summed E-state index contributed by atoms with van der Waals surface area (Å²) in [7, 11) is -1.94. The summed E-state index contributed by atoms with van der Waals surface area (Å²) in [6, 6.07) is 4.30. The largest absolute Gasteiger partial charge is 0.350 e. The first-order valence-electron chi connectivity index (χ1n) is 6.49. The molecule has 2 N–H and O–H groups in total. The predicted molar refractivity (Wildman–Crippen MR) is 80.5 cm³/mol. The number of fused-ring (bicyclic) bond motifs is 1. The van der Waals surface area contributed by atoms with E-state index >= 15 is 0 Å². The molecule has 0 radical (unpaired) electrons. The van der Waals surface area contributed by atoms with Crippen LogP contribution in [0.25, 0.3) is 10.9 Å². The van der Waals surface area contributed by atoms with Crippen LogP contribution >= 0.6 is 0 Å². The zero-order valence-electron chi connectivity index (χ0n) is 12.0. The molecule has 1 heterocycles. The molecule has 6 heteroatoms. The molecule has 2 rings (SSSR count). The van der Waals surface area contributed by atoms with Gasteiger partial charge in [-0.15, -0.1) is 0 Å². The fourth-order valence-electron chi connectivity index (χ4n) is 2.62. The highest BCUT2D eigenvalue weighted by Crippen LogP contribution is 2.26. The summed E-state index contributed by atoms with van der Waals surface area (Å²) in [5, 5.41) is 3.96. The standard InChI is InChI=1S/C14H20N2O3S/c1-10-6-11(2)14-12(8-16(3)13(14)7-10)4-5-15-9-20(17,18)19/h6-8,15H,4-5,9H2,1-3H3,(H,17,18,19). The quantitative estimate of drug-likeness (QED) is 0.651. The van der Waals surface area contributed by atoms with E-state index in [4.69, 9.17) is 4.55 Å². The molecule has 0 unspecified atom stereocenters. The van der Waals surface area contributed by atoms with E-state index < -0.39 is 16.0 Å². The van der Waals surface area contributed by atoms with Crippen molar-refractivity contribution in [1.29, 1.82) is 0 Å². The molecule has 2 aromatic rings. The second-order valence-electron chi connectivity index (χ2n) is 5.22. The van der Waals surface area contributed by atoms with E-state index in [2.05, 4.69) is 42.1 Å². The minimum Gasteiger partial charge on any atom is -0.350 e. The van der Waals surface area contributed by atoms with Gasteiger partial charge in [-0.25, -0.2) is 0 Å². The van der Waals surface area contributed by atoms with E-state index in [1.54, 1.807) is 0 Å². The molecule has 0 amide bonds. The maximum absolute atomic E-state index is 10.6. The van der Waals surface area contributed by atoms with Gasteiger partial charge < -0.3 is 9.88 Å². The Morgan fingerprint density at radius 1 is 1.30 bits per heavy atom. The first-order chi connectivity index (χ1) is 9.28. The highest BCUT2D eigenvalue weighted by Gasteiger charge is 2.10. The monoisotopic (exact) mass is 296 g/mol. The Bertz CT molecular complexity index is 732. The summed E-state index contributed by atoms with van der Waals surface area (Å²) in [5.74, 6) is -0.407. The van der Waals surface area contributed by atoms with Crippen LogP contribution in [-0.4, -0.2) is 30.0 Å². The number of nitrogens with one attached hydrogen (secondary N) is 1. The Labute approximate surface area is 119 Å². The van der Waals surface area contributed by atoms with Crippen LogP contribution in [0.2, 0.25) is 0 Å². The number of aromatic nitrogens is 1. The lowest BCUT2D eigenvalue weighted by Crippen LogP contribution is -2.24. The Kier molecular flexibility index (Phi) is 4.17. The van der Waals surface area contributed by atoms with Crippen LogP contribution in [0.3, 0.4) is 0 Å². The van der Waals surface area contributed by atoms with Gasteiger partial charge in [-0.2, -0.15) is 8.42 Å². The lowest BCUT2D eigenvalue weighted by atomic mass is 10.0. The molecule has 1 aromatic carbocycles. The van der Waals surface area contributed by atoms with Crippen LogP contribution in [0, 0.1) is 13.8 Å². The first-order valence-corrected chi connectivity index (χ1v) is 8.10. The van der Waals surface area contributed by atoms with Gasteiger partial charge in [0.15, 0.2) is 0 Å². The van der Waals surface area contributed by atoms with Crippen LogP contribution in [-0.2, 0) is 23.6 Å². The van der Waals surface area contributed by atoms with Crippen molar-refractivity contribution in [2.75, 3.05) is 12.4 Å². The highest BCUT2D eigenvalue weighted by atomic mass is 32.2. The van der Waals surface area contributed by atoms with Gasteiger partial charge >= 0.3 is 0 Å². The number of aryl methyl sites for hydroxylation is 3. The third kappa shape index (κ3) is 3.39. The Balaban J connectivity index is 2.19. The fraction of sp³-hybridized carbons (Fsp3) is 0.429. The van der Waals surface area contributed by atoms with E-state index in [1.807, 2.05) is 7.05 Å². The van der Waals surface area contributed by atoms with Crippen LogP contribution < -0.4 is 5.32 Å². The van der Waals surface area contributed by atoms with Crippen LogP contribution in [0.5, 0.6) is 0 Å². The van der Waals surface area contributed by atoms with Crippen LogP contribution in [0.4, 0.5) is 0 Å². The molecular weight excluding hydrogens is 276 g/mol. The highest BCUT2D eigenvalue weighted by molar-refractivity contribution is 7.85. The van der Waals surface area contributed by atoms with E-state index in [1.165, 1.54) is 27.6 Å². The minimum atomic E-state index is -3.95. The number of benzene rings is 1. The fourth-order valence-corrected chi connectivity index (χ4v) is 3.02. The molecule has 0 saturated carbocycles. The topological polar surface area (TPSA) is 71.3 Å². The smallest absolute Gasteiger partial charge is 0.278 e. The van der Waals surface area contributed by atoms with Gasteiger partial charge in [0.25, 0.3) is 10.1 Å². The molecule has 0 fully saturated rings. The maximum Gasteiger partial charge on any atom is 0.278 e. The van der Waals surface area contributed by atoms with Gasteiger partial charge in [0.05, 0.1) is 0 Å². The lowest BCUT2D eigenvalue weighted by molar-refractivity contribution is 0.476. The van der Waals surface area contributed by atoms with Gasteiger partial charge in [0.1, 0.15) is 5.88 Å². The normalized spacial score (nSPS) is 12.2. The van der Waals surface area contributed by atoms with Crippen molar-refractivity contribution in [1.82, 2.24) is 9.88 Å². The summed E-state index contributed by atoms with van der Waals surface area (Å²) in [6.07, 6.45) is 2.79. The van der Waals surface area contributed by atoms with Crippen molar-refractivity contribution in [3.8, 4) is 0 Å². The predicted octanol–water partition coefficient (Wildman–Crippen LogP) is 1.77. The molecule has 20 heavy (non-hydrogen) atoms. The van der Waals surface area contributed by atoms with E-state index in [9.17, 15) is 8.42 Å². The third-order valence-electron chi connectivity index (χ3n) is 3.37. The Morgan fingerprint density at radius 3 is 2.65 bits per heavy atom. The van der Waals surface area contributed by atoms with Gasteiger partial charge in [-0.1, -0.05) is 6.07 Å². The van der Waals surface area contributed by atoms with Crippen molar-refractivity contribution in [3.63, 3.8) is 0 Å². The molecule has 110 valence electrons. The number of rotatable bonds is 5. The van der Waals surface area contributed by atoms with Gasteiger partial charge in [-0.05, 0) is 43.0 Å². The second-order valence-corrected chi connectivity index (χ2v) is 6.67. The molecule has 0 aliphatic carbocycles. The summed E-state index contributed by atoms with van der Waals surface area (Å²) in [6.45, 7) is 4.67. The summed E-state index contributed by atoms with van der Waals surface area (Å²) in [5.41, 5.74) is 4.83. The van der Waals surface area contributed by atoms with Crippen LogP contribution in [0.15, 0.2) is 18.3 Å². The molecule has 0 aliphatic heterocycles. The number of hydrogen-bond acceptors (Lipinski definition) is 3. The zero-order chi connectivity index (χ0) is 14.9. The third-order valence-corrected chi connectivity index (χ3v) is 3.93. The molecule has 0 bridgehead atoms. The molecule has 0 saturated heterocycles. The lowest BCUT2D eigenvalue weighted by Gasteiger charge is -2.05. The van der Waals surface area contributed by atoms with Crippen molar-refractivity contribution in [2.24, 2.45) is 7.05 Å². The maximum atomic E-state index is 10.6. The van der Waals surface area contributed by atoms with Crippen molar-refractivity contribution in [3.05, 3.63) is 35.0 Å². The summed E-state index contributed by atoms with van der Waals surface area (Å²) >= 11 is 0. The molecular formula is C14H20N2O3S. The average molecular weight is 296 g/mol. The number of nitrogens with zero attached hydrogens (tertiary/aromatic N) is 1. The minimum absolute atomic E-state index is 0.407. The molecule has 1 aromatic heterocycles. The second kappa shape index (κ2) is 5.55. The Hall–Kier alpha value is -1.37. The average Bonchev–Trinajstić information content (AvgIpc) is 2.61. The van der Waals surface area contributed by atoms with Gasteiger partial charge in [0, 0.05) is 30.7 Å². The molecule has 0 aliphatic rings. The molecule has 0 atom stereocenters. The summed E-state index contributed by atoms with van der Waals surface area (Å²) in [4.78, 5) is 0. The van der Waals surface area contributed by atoms with E-state index in [0.717, 1.165) is 6.42 Å². The van der Waals surface area contributed by atoms with Gasteiger partial charge in [-0.3, -0.25) is 4.55 Å². The summed E-state index contributed by atoms with van der Waals surface area (Å²) < 4.78 is 32.0. The zero-order valence-corrected chi connectivity index (χ0v) is 12.8. The van der Waals surface area contributed by atoms with Crippen molar-refractivity contribution < 1.29 is 13.0 Å². The van der Waals surface area contributed by atoms with Crippen molar-refractivity contribution in [2.45, 2.75) is 20.3 Å². The van der Waals surface area contributed by atoms with Crippen molar-refractivity contribution >= 4 is 21.0 Å².